The molecule has 0 aliphatic carbocycles. The van der Waals surface area contributed by atoms with Crippen molar-refractivity contribution in [3.05, 3.63) is 12.7 Å². The highest BCUT2D eigenvalue weighted by atomic mass is 32.2. The molecule has 0 saturated carbocycles. The normalized spacial score (nSPS) is 11.6. The molecule has 0 heterocycles. The summed E-state index contributed by atoms with van der Waals surface area (Å²) in [6.45, 7) is 13.4. The van der Waals surface area contributed by atoms with Crippen LogP contribution in [0.15, 0.2) is 12.7 Å². The van der Waals surface area contributed by atoms with Crippen LogP contribution in [-0.2, 0) is 0 Å². The molecular weight excluding hydrogens is 192 g/mol. The summed E-state index contributed by atoms with van der Waals surface area (Å²) in [6, 6.07) is 0. The maximum absolute atomic E-state index is 3.68. The summed E-state index contributed by atoms with van der Waals surface area (Å²) in [5.74, 6) is 2.23. The molecule has 0 radical (unpaired) electrons. The number of thioether (sulfide) groups is 1. The molecule has 14 heavy (non-hydrogen) atoms. The molecule has 0 rings (SSSR count). The third kappa shape index (κ3) is 12.0. The Morgan fingerprint density at radius 2 is 1.93 bits per heavy atom. The van der Waals surface area contributed by atoms with Crippen LogP contribution in [0.5, 0.6) is 0 Å². The van der Waals surface area contributed by atoms with E-state index in [2.05, 4.69) is 38.0 Å². The van der Waals surface area contributed by atoms with Crippen LogP contribution in [0.3, 0.4) is 0 Å². The average Bonchev–Trinajstić information content (AvgIpc) is 2.08. The van der Waals surface area contributed by atoms with E-state index in [1.807, 2.05) is 17.8 Å². The van der Waals surface area contributed by atoms with Gasteiger partial charge in [-0.25, -0.2) is 0 Å². The van der Waals surface area contributed by atoms with Gasteiger partial charge in [0.15, 0.2) is 0 Å². The van der Waals surface area contributed by atoms with Crippen LogP contribution in [0.25, 0.3) is 0 Å². The van der Waals surface area contributed by atoms with Gasteiger partial charge in [-0.15, -0.1) is 6.58 Å². The Labute approximate surface area is 92.9 Å². The highest BCUT2D eigenvalue weighted by Crippen LogP contribution is 1.97. The van der Waals surface area contributed by atoms with E-state index in [1.54, 1.807) is 0 Å². The minimum Gasteiger partial charge on any atom is -0.315 e. The van der Waals surface area contributed by atoms with Gasteiger partial charge in [0.05, 0.1) is 0 Å². The third-order valence-electron chi connectivity index (χ3n) is 1.62. The maximum atomic E-state index is 3.68. The van der Waals surface area contributed by atoms with Gasteiger partial charge in [-0.2, -0.15) is 11.8 Å². The molecule has 0 amide bonds. The lowest BCUT2D eigenvalue weighted by Crippen LogP contribution is -2.40. The van der Waals surface area contributed by atoms with E-state index in [-0.39, 0.29) is 5.54 Å². The lowest BCUT2D eigenvalue weighted by atomic mass is 10.1. The molecule has 0 aromatic heterocycles. The fraction of sp³-hybridized carbons (Fsp3) is 0.818. The van der Waals surface area contributed by atoms with E-state index in [4.69, 9.17) is 0 Å². The van der Waals surface area contributed by atoms with Crippen LogP contribution in [-0.4, -0.2) is 36.7 Å². The highest BCUT2D eigenvalue weighted by molar-refractivity contribution is 7.99. The molecule has 0 unspecified atom stereocenters. The number of hydrogen-bond acceptors (Lipinski definition) is 3. The minimum absolute atomic E-state index is 0.235. The van der Waals surface area contributed by atoms with Gasteiger partial charge in [-0.3, -0.25) is 0 Å². The average molecular weight is 216 g/mol. The summed E-state index contributed by atoms with van der Waals surface area (Å²) < 4.78 is 0. The molecule has 0 bridgehead atoms. The zero-order chi connectivity index (χ0) is 10.9. The fourth-order valence-electron chi connectivity index (χ4n) is 0.962. The zero-order valence-electron chi connectivity index (χ0n) is 9.73. The van der Waals surface area contributed by atoms with E-state index in [0.717, 1.165) is 25.4 Å². The van der Waals surface area contributed by atoms with Crippen molar-refractivity contribution < 1.29 is 0 Å². The van der Waals surface area contributed by atoms with Crippen molar-refractivity contribution in [3.8, 4) is 0 Å². The summed E-state index contributed by atoms with van der Waals surface area (Å²) in [5.41, 5.74) is 0.235. The first-order valence-corrected chi connectivity index (χ1v) is 6.36. The van der Waals surface area contributed by atoms with Gasteiger partial charge in [0, 0.05) is 36.7 Å². The van der Waals surface area contributed by atoms with Gasteiger partial charge < -0.3 is 10.6 Å². The first kappa shape index (κ1) is 14.0. The largest absolute Gasteiger partial charge is 0.315 e. The van der Waals surface area contributed by atoms with Crippen molar-refractivity contribution in [2.45, 2.75) is 26.3 Å². The molecule has 0 aromatic carbocycles. The van der Waals surface area contributed by atoms with E-state index in [1.165, 1.54) is 5.75 Å². The van der Waals surface area contributed by atoms with Crippen molar-refractivity contribution in [1.82, 2.24) is 10.6 Å². The van der Waals surface area contributed by atoms with Gasteiger partial charge in [-0.1, -0.05) is 6.08 Å². The third-order valence-corrected chi connectivity index (χ3v) is 2.58. The Morgan fingerprint density at radius 1 is 1.21 bits per heavy atom. The summed E-state index contributed by atoms with van der Waals surface area (Å²) >= 11 is 1.92. The van der Waals surface area contributed by atoms with Crippen molar-refractivity contribution >= 4 is 11.8 Å². The lowest BCUT2D eigenvalue weighted by molar-refractivity contribution is 0.423. The summed E-state index contributed by atoms with van der Waals surface area (Å²) in [4.78, 5) is 0. The van der Waals surface area contributed by atoms with Gasteiger partial charge in [-0.05, 0) is 20.8 Å². The molecule has 0 aliphatic rings. The molecular formula is C11H24N2S. The minimum atomic E-state index is 0.235. The van der Waals surface area contributed by atoms with E-state index < -0.39 is 0 Å². The standard InChI is InChI=1S/C11H24N2S/c1-5-9-14-10-8-12-6-7-13-11(2,3)4/h5,12-13H,1,6-10H2,2-4H3. The highest BCUT2D eigenvalue weighted by Gasteiger charge is 2.06. The summed E-state index contributed by atoms with van der Waals surface area (Å²) in [6.07, 6.45) is 1.95. The van der Waals surface area contributed by atoms with Crippen LogP contribution in [0.4, 0.5) is 0 Å². The molecule has 0 aromatic rings. The summed E-state index contributed by atoms with van der Waals surface area (Å²) in [7, 11) is 0. The van der Waals surface area contributed by atoms with Crippen molar-refractivity contribution in [3.63, 3.8) is 0 Å². The molecule has 0 fully saturated rings. The maximum Gasteiger partial charge on any atom is 0.0111 e. The van der Waals surface area contributed by atoms with E-state index in [0.29, 0.717) is 0 Å². The Balaban J connectivity index is 3.03. The lowest BCUT2D eigenvalue weighted by Gasteiger charge is -2.20. The van der Waals surface area contributed by atoms with Crippen LogP contribution >= 0.6 is 11.8 Å². The number of nitrogens with one attached hydrogen (secondary N) is 2. The molecule has 0 atom stereocenters. The predicted molar refractivity (Wildman–Crippen MR) is 68.1 cm³/mol. The Kier molecular flexibility index (Phi) is 8.34. The van der Waals surface area contributed by atoms with E-state index >= 15 is 0 Å². The second-order valence-electron chi connectivity index (χ2n) is 4.29. The molecule has 2 N–H and O–H groups in total. The van der Waals surface area contributed by atoms with Crippen molar-refractivity contribution in [2.75, 3.05) is 31.1 Å². The zero-order valence-corrected chi connectivity index (χ0v) is 10.5. The molecule has 84 valence electrons. The number of rotatable bonds is 8. The SMILES string of the molecule is C=CCSCCNCCNC(C)(C)C. The van der Waals surface area contributed by atoms with Gasteiger partial charge in [0.25, 0.3) is 0 Å². The molecule has 0 spiro atoms. The van der Waals surface area contributed by atoms with Crippen molar-refractivity contribution in [1.29, 1.82) is 0 Å². The topological polar surface area (TPSA) is 24.1 Å². The quantitative estimate of drug-likeness (QED) is 0.478. The second kappa shape index (κ2) is 8.33. The fourth-order valence-corrected chi connectivity index (χ4v) is 1.58. The summed E-state index contributed by atoms with van der Waals surface area (Å²) in [5, 5.41) is 6.84. The Bertz CT molecular complexity index is 141. The molecule has 3 heteroatoms. The van der Waals surface area contributed by atoms with Crippen LogP contribution in [0.2, 0.25) is 0 Å². The predicted octanol–water partition coefficient (Wildman–Crippen LogP) is 1.88. The van der Waals surface area contributed by atoms with E-state index in [9.17, 15) is 0 Å². The Hall–Kier alpha value is 0.01000. The van der Waals surface area contributed by atoms with Gasteiger partial charge in [0.2, 0.25) is 0 Å². The Morgan fingerprint density at radius 3 is 2.50 bits per heavy atom. The van der Waals surface area contributed by atoms with Gasteiger partial charge in [0.1, 0.15) is 0 Å². The first-order chi connectivity index (χ1) is 6.56. The number of hydrogen-bond donors (Lipinski definition) is 2. The molecule has 0 aliphatic heterocycles. The van der Waals surface area contributed by atoms with Gasteiger partial charge >= 0.3 is 0 Å². The smallest absolute Gasteiger partial charge is 0.0111 e. The molecule has 2 nitrogen and oxygen atoms in total. The van der Waals surface area contributed by atoms with Crippen LogP contribution in [0.1, 0.15) is 20.8 Å². The first-order valence-electron chi connectivity index (χ1n) is 5.20. The van der Waals surface area contributed by atoms with Crippen LogP contribution in [0, 0.1) is 0 Å². The molecule has 0 saturated heterocycles. The van der Waals surface area contributed by atoms with Crippen molar-refractivity contribution in [2.24, 2.45) is 0 Å². The second-order valence-corrected chi connectivity index (χ2v) is 5.44. The monoisotopic (exact) mass is 216 g/mol. The van der Waals surface area contributed by atoms with Crippen LogP contribution < -0.4 is 10.6 Å².